The number of urea groups is 1. The number of carbonyl (C=O) groups is 1. The molecule has 0 unspecified atom stereocenters. The quantitative estimate of drug-likeness (QED) is 0.830. The van der Waals surface area contributed by atoms with Gasteiger partial charge in [0.25, 0.3) is 0 Å². The molecule has 1 aliphatic heterocycles. The van der Waals surface area contributed by atoms with E-state index < -0.39 is 10.0 Å². The van der Waals surface area contributed by atoms with Crippen LogP contribution in [0.4, 0.5) is 10.5 Å². The van der Waals surface area contributed by atoms with Gasteiger partial charge >= 0.3 is 6.03 Å². The number of anilines is 1. The predicted octanol–water partition coefficient (Wildman–Crippen LogP) is 2.01. The highest BCUT2D eigenvalue weighted by molar-refractivity contribution is 7.89. The number of carbonyl (C=O) groups excluding carboxylic acids is 1. The Morgan fingerprint density at radius 1 is 1.27 bits per heavy atom. The van der Waals surface area contributed by atoms with Crippen LogP contribution in [0.1, 0.15) is 25.7 Å². The van der Waals surface area contributed by atoms with Gasteiger partial charge in [-0.25, -0.2) is 18.4 Å². The summed E-state index contributed by atoms with van der Waals surface area (Å²) >= 11 is 0. The third-order valence-corrected chi connectivity index (χ3v) is 5.50. The number of aryl methyl sites for hydroxylation is 1. The van der Waals surface area contributed by atoms with Gasteiger partial charge in [-0.15, -0.1) is 0 Å². The smallest absolute Gasteiger partial charge is 0.321 e. The maximum atomic E-state index is 12.7. The zero-order chi connectivity index (χ0) is 18.6. The summed E-state index contributed by atoms with van der Waals surface area (Å²) in [5.74, 6) is 0. The SMILES string of the molecule is NS(=O)(=O)c1ccc(NC(=O)N2CCCC[C@@H]2CCn2cccn2)cc1. The molecule has 3 rings (SSSR count). The Bertz CT molecular complexity index is 834. The average Bonchev–Trinajstić information content (AvgIpc) is 3.13. The van der Waals surface area contributed by atoms with Gasteiger partial charge < -0.3 is 10.2 Å². The average molecular weight is 377 g/mol. The number of nitrogens with zero attached hydrogens (tertiary/aromatic N) is 3. The lowest BCUT2D eigenvalue weighted by Crippen LogP contribution is -2.46. The van der Waals surface area contributed by atoms with E-state index >= 15 is 0 Å². The first-order chi connectivity index (χ1) is 12.4. The number of piperidine rings is 1. The number of hydrogen-bond donors (Lipinski definition) is 2. The fraction of sp³-hybridized carbons (Fsp3) is 0.412. The lowest BCUT2D eigenvalue weighted by atomic mass is 10.00. The maximum Gasteiger partial charge on any atom is 0.322 e. The van der Waals surface area contributed by atoms with Gasteiger partial charge in [-0.1, -0.05) is 0 Å². The van der Waals surface area contributed by atoms with Crippen molar-refractivity contribution in [2.45, 2.75) is 43.2 Å². The molecule has 1 fully saturated rings. The highest BCUT2D eigenvalue weighted by Gasteiger charge is 2.26. The van der Waals surface area contributed by atoms with Crippen LogP contribution in [0, 0.1) is 0 Å². The van der Waals surface area contributed by atoms with Gasteiger partial charge in [0, 0.05) is 37.2 Å². The summed E-state index contributed by atoms with van der Waals surface area (Å²) in [5, 5.41) is 12.1. The molecular formula is C17H23N5O3S. The number of benzene rings is 1. The number of primary sulfonamides is 1. The molecule has 0 bridgehead atoms. The van der Waals surface area contributed by atoms with Crippen molar-refractivity contribution >= 4 is 21.7 Å². The van der Waals surface area contributed by atoms with Crippen molar-refractivity contribution in [2.24, 2.45) is 5.14 Å². The van der Waals surface area contributed by atoms with Gasteiger partial charge in [-0.3, -0.25) is 4.68 Å². The predicted molar refractivity (Wildman–Crippen MR) is 98.0 cm³/mol. The van der Waals surface area contributed by atoms with Gasteiger partial charge in [-0.2, -0.15) is 5.10 Å². The first-order valence-corrected chi connectivity index (χ1v) is 10.2. The molecule has 9 heteroatoms. The lowest BCUT2D eigenvalue weighted by molar-refractivity contribution is 0.154. The number of sulfonamides is 1. The standard InChI is InChI=1S/C17H23N5O3S/c18-26(24,25)16-7-5-14(6-8-16)20-17(23)22-12-2-1-4-15(22)9-13-21-11-3-10-19-21/h3,5-8,10-11,15H,1-2,4,9,12-13H2,(H,20,23)(H2,18,24,25)/t15-/m1/s1. The van der Waals surface area contributed by atoms with E-state index in [0.717, 1.165) is 32.2 Å². The first-order valence-electron chi connectivity index (χ1n) is 8.61. The van der Waals surface area contributed by atoms with Gasteiger partial charge in [-0.05, 0) is 56.0 Å². The van der Waals surface area contributed by atoms with Crippen molar-refractivity contribution in [3.05, 3.63) is 42.7 Å². The molecule has 3 N–H and O–H groups in total. The molecule has 1 aromatic heterocycles. The summed E-state index contributed by atoms with van der Waals surface area (Å²) in [6.07, 6.45) is 7.57. The van der Waals surface area contributed by atoms with E-state index in [9.17, 15) is 13.2 Å². The molecule has 0 radical (unpaired) electrons. The summed E-state index contributed by atoms with van der Waals surface area (Å²) in [7, 11) is -3.74. The Balaban J connectivity index is 1.62. The van der Waals surface area contributed by atoms with E-state index in [-0.39, 0.29) is 17.0 Å². The van der Waals surface area contributed by atoms with Crippen molar-refractivity contribution in [3.8, 4) is 0 Å². The summed E-state index contributed by atoms with van der Waals surface area (Å²) in [6.45, 7) is 1.48. The summed E-state index contributed by atoms with van der Waals surface area (Å²) in [5.41, 5.74) is 0.541. The molecule has 2 aromatic rings. The summed E-state index contributed by atoms with van der Waals surface area (Å²) in [6, 6.07) is 7.74. The van der Waals surface area contributed by atoms with E-state index in [1.165, 1.54) is 12.1 Å². The van der Waals surface area contributed by atoms with Crippen LogP contribution in [-0.2, 0) is 16.6 Å². The molecule has 1 aliphatic rings. The molecule has 1 aromatic carbocycles. The van der Waals surface area contributed by atoms with Crippen LogP contribution in [0.25, 0.3) is 0 Å². The van der Waals surface area contributed by atoms with Crippen molar-refractivity contribution in [1.29, 1.82) is 0 Å². The number of hydrogen-bond acceptors (Lipinski definition) is 4. The summed E-state index contributed by atoms with van der Waals surface area (Å²) in [4.78, 5) is 14.6. The minimum Gasteiger partial charge on any atom is -0.321 e. The van der Waals surface area contributed by atoms with Gasteiger partial charge in [0.15, 0.2) is 0 Å². The third kappa shape index (κ3) is 4.61. The monoisotopic (exact) mass is 377 g/mol. The second-order valence-corrected chi connectivity index (χ2v) is 7.96. The molecule has 2 amide bonds. The number of likely N-dealkylation sites (tertiary alicyclic amines) is 1. The number of amides is 2. The van der Waals surface area contributed by atoms with Crippen molar-refractivity contribution < 1.29 is 13.2 Å². The van der Waals surface area contributed by atoms with Gasteiger partial charge in [0.05, 0.1) is 4.90 Å². The van der Waals surface area contributed by atoms with E-state index in [4.69, 9.17) is 5.14 Å². The molecule has 8 nitrogen and oxygen atoms in total. The lowest BCUT2D eigenvalue weighted by Gasteiger charge is -2.35. The van der Waals surface area contributed by atoms with Crippen LogP contribution in [0.15, 0.2) is 47.6 Å². The van der Waals surface area contributed by atoms with E-state index in [2.05, 4.69) is 10.4 Å². The van der Waals surface area contributed by atoms with Crippen LogP contribution >= 0.6 is 0 Å². The normalized spacial score (nSPS) is 17.9. The second-order valence-electron chi connectivity index (χ2n) is 6.40. The fourth-order valence-electron chi connectivity index (χ4n) is 3.21. The van der Waals surface area contributed by atoms with Gasteiger partial charge in [0.1, 0.15) is 0 Å². The molecular weight excluding hydrogens is 354 g/mol. The number of aromatic nitrogens is 2. The molecule has 2 heterocycles. The van der Waals surface area contributed by atoms with Crippen LogP contribution in [0.3, 0.4) is 0 Å². The Labute approximate surface area is 153 Å². The molecule has 0 spiro atoms. The van der Waals surface area contributed by atoms with Crippen molar-refractivity contribution in [2.75, 3.05) is 11.9 Å². The Kier molecular flexibility index (Phi) is 5.58. The zero-order valence-electron chi connectivity index (χ0n) is 14.4. The topological polar surface area (TPSA) is 110 Å². The largest absolute Gasteiger partial charge is 0.322 e. The first kappa shape index (κ1) is 18.4. The fourth-order valence-corrected chi connectivity index (χ4v) is 3.72. The summed E-state index contributed by atoms with van der Waals surface area (Å²) < 4.78 is 24.5. The highest BCUT2D eigenvalue weighted by atomic mass is 32.2. The number of rotatable bonds is 5. The zero-order valence-corrected chi connectivity index (χ0v) is 15.2. The minimum atomic E-state index is -3.74. The van der Waals surface area contributed by atoms with Crippen LogP contribution in [0.5, 0.6) is 0 Å². The number of nitrogens with one attached hydrogen (secondary N) is 1. The van der Waals surface area contributed by atoms with Crippen LogP contribution < -0.4 is 10.5 Å². The van der Waals surface area contributed by atoms with Crippen molar-refractivity contribution in [3.63, 3.8) is 0 Å². The van der Waals surface area contributed by atoms with Crippen LogP contribution in [-0.4, -0.2) is 41.7 Å². The highest BCUT2D eigenvalue weighted by Crippen LogP contribution is 2.22. The van der Waals surface area contributed by atoms with E-state index in [0.29, 0.717) is 12.2 Å². The number of nitrogens with two attached hydrogens (primary N) is 1. The Morgan fingerprint density at radius 3 is 2.69 bits per heavy atom. The van der Waals surface area contributed by atoms with E-state index in [1.54, 1.807) is 18.3 Å². The third-order valence-electron chi connectivity index (χ3n) is 4.57. The van der Waals surface area contributed by atoms with Gasteiger partial charge in [0.2, 0.25) is 10.0 Å². The maximum absolute atomic E-state index is 12.7. The molecule has 26 heavy (non-hydrogen) atoms. The molecule has 0 aliphatic carbocycles. The van der Waals surface area contributed by atoms with Crippen molar-refractivity contribution in [1.82, 2.24) is 14.7 Å². The second kappa shape index (κ2) is 7.88. The van der Waals surface area contributed by atoms with Crippen LogP contribution in [0.2, 0.25) is 0 Å². The minimum absolute atomic E-state index is 0.0190. The Morgan fingerprint density at radius 2 is 2.04 bits per heavy atom. The van der Waals surface area contributed by atoms with E-state index in [1.807, 2.05) is 21.8 Å². The molecule has 140 valence electrons. The molecule has 0 saturated carbocycles. The Hall–Kier alpha value is -2.39. The molecule has 1 saturated heterocycles. The molecule has 1 atom stereocenters.